The number of aryl methyl sites for hydroxylation is 1. The lowest BCUT2D eigenvalue weighted by atomic mass is 10.3. The molecule has 0 saturated heterocycles. The summed E-state index contributed by atoms with van der Waals surface area (Å²) in [4.78, 5) is 18.6. The van der Waals surface area contributed by atoms with Gasteiger partial charge < -0.3 is 15.5 Å². The number of carbonyl (C=O) groups is 1. The van der Waals surface area contributed by atoms with Crippen LogP contribution in [0, 0.1) is 0 Å². The molecule has 1 heterocycles. The number of anilines is 1. The second-order valence-corrected chi connectivity index (χ2v) is 7.23. The highest BCUT2D eigenvalue weighted by Gasteiger charge is 2.05. The molecule has 0 aliphatic heterocycles. The van der Waals surface area contributed by atoms with Crippen LogP contribution in [0.5, 0.6) is 0 Å². The quantitative estimate of drug-likeness (QED) is 0.597. The number of nitrogens with one attached hydrogen (secondary N) is 2. The molecular weight excluding hydrogens is 344 g/mol. The van der Waals surface area contributed by atoms with Gasteiger partial charge in [-0.15, -0.1) is 11.3 Å². The van der Waals surface area contributed by atoms with Crippen LogP contribution in [0.4, 0.5) is 10.5 Å². The first-order valence-electron chi connectivity index (χ1n) is 8.85. The lowest BCUT2D eigenvalue weighted by Crippen LogP contribution is -2.40. The molecule has 1 aromatic heterocycles. The van der Waals surface area contributed by atoms with E-state index in [0.29, 0.717) is 13.1 Å². The summed E-state index contributed by atoms with van der Waals surface area (Å²) in [5.41, 5.74) is 2.20. The van der Waals surface area contributed by atoms with Crippen LogP contribution < -0.4 is 15.5 Å². The topological polar surface area (TPSA) is 57.3 Å². The molecule has 0 aliphatic rings. The number of benzene rings is 2. The van der Waals surface area contributed by atoms with Crippen LogP contribution in [-0.4, -0.2) is 37.7 Å². The number of thiazole rings is 1. The molecule has 6 heteroatoms. The largest absolute Gasteiger partial charge is 0.373 e. The van der Waals surface area contributed by atoms with Gasteiger partial charge in [0.2, 0.25) is 0 Å². The SMILES string of the molecule is CN(CCNC(=O)NCCCc1nc2ccccc2s1)c1ccccc1. The Morgan fingerprint density at radius 2 is 1.77 bits per heavy atom. The average molecular weight is 369 g/mol. The van der Waals surface area contributed by atoms with Crippen molar-refractivity contribution in [3.63, 3.8) is 0 Å². The zero-order chi connectivity index (χ0) is 18.2. The fourth-order valence-electron chi connectivity index (χ4n) is 2.68. The van der Waals surface area contributed by atoms with Gasteiger partial charge in [0.15, 0.2) is 0 Å². The molecule has 5 nitrogen and oxygen atoms in total. The fraction of sp³-hybridized carbons (Fsp3) is 0.300. The first-order chi connectivity index (χ1) is 12.7. The Bertz CT molecular complexity index is 801. The number of likely N-dealkylation sites (N-methyl/N-ethyl adjacent to an activating group) is 1. The van der Waals surface area contributed by atoms with E-state index in [4.69, 9.17) is 0 Å². The van der Waals surface area contributed by atoms with E-state index in [1.54, 1.807) is 11.3 Å². The number of carbonyl (C=O) groups excluding carboxylic acids is 1. The lowest BCUT2D eigenvalue weighted by Gasteiger charge is -2.19. The highest BCUT2D eigenvalue weighted by Crippen LogP contribution is 2.22. The van der Waals surface area contributed by atoms with E-state index in [-0.39, 0.29) is 6.03 Å². The number of para-hydroxylation sites is 2. The maximum absolute atomic E-state index is 11.9. The Labute approximate surface area is 158 Å². The Hall–Kier alpha value is -2.60. The molecule has 0 radical (unpaired) electrons. The minimum absolute atomic E-state index is 0.115. The molecule has 0 unspecified atom stereocenters. The minimum Gasteiger partial charge on any atom is -0.373 e. The van der Waals surface area contributed by atoms with E-state index in [2.05, 4.69) is 38.7 Å². The fourth-order valence-corrected chi connectivity index (χ4v) is 3.69. The Morgan fingerprint density at radius 1 is 1.04 bits per heavy atom. The third kappa shape index (κ3) is 5.20. The smallest absolute Gasteiger partial charge is 0.314 e. The van der Waals surface area contributed by atoms with Gasteiger partial charge in [0.1, 0.15) is 0 Å². The van der Waals surface area contributed by atoms with E-state index >= 15 is 0 Å². The predicted octanol–water partition coefficient (Wildman–Crippen LogP) is 3.66. The molecule has 0 atom stereocenters. The third-order valence-corrected chi connectivity index (χ3v) is 5.22. The van der Waals surface area contributed by atoms with E-state index < -0.39 is 0 Å². The maximum atomic E-state index is 11.9. The van der Waals surface area contributed by atoms with Crippen molar-refractivity contribution in [2.45, 2.75) is 12.8 Å². The number of rotatable bonds is 8. The summed E-state index contributed by atoms with van der Waals surface area (Å²) in [6, 6.07) is 18.2. The van der Waals surface area contributed by atoms with Crippen LogP contribution in [-0.2, 0) is 6.42 Å². The molecule has 2 amide bonds. The summed E-state index contributed by atoms with van der Waals surface area (Å²) in [5.74, 6) is 0. The Morgan fingerprint density at radius 3 is 2.58 bits per heavy atom. The monoisotopic (exact) mass is 368 g/mol. The van der Waals surface area contributed by atoms with E-state index in [9.17, 15) is 4.79 Å². The van der Waals surface area contributed by atoms with Crippen molar-refractivity contribution in [1.29, 1.82) is 0 Å². The Balaban J connectivity index is 1.30. The zero-order valence-corrected chi connectivity index (χ0v) is 15.8. The molecular formula is C20H24N4OS. The molecule has 2 aromatic carbocycles. The van der Waals surface area contributed by atoms with Crippen molar-refractivity contribution in [3.05, 3.63) is 59.6 Å². The van der Waals surface area contributed by atoms with Crippen LogP contribution >= 0.6 is 11.3 Å². The molecule has 0 fully saturated rings. The number of amides is 2. The Kier molecular flexibility index (Phi) is 6.44. The minimum atomic E-state index is -0.115. The van der Waals surface area contributed by atoms with Gasteiger partial charge in [-0.25, -0.2) is 9.78 Å². The number of hydrogen-bond acceptors (Lipinski definition) is 4. The van der Waals surface area contributed by atoms with Gasteiger partial charge in [-0.05, 0) is 30.7 Å². The summed E-state index contributed by atoms with van der Waals surface area (Å²) in [7, 11) is 2.02. The number of urea groups is 1. The van der Waals surface area contributed by atoms with Crippen molar-refractivity contribution in [3.8, 4) is 0 Å². The van der Waals surface area contributed by atoms with Crippen molar-refractivity contribution >= 4 is 33.3 Å². The van der Waals surface area contributed by atoms with Crippen LogP contribution in [0.3, 0.4) is 0 Å². The number of hydrogen-bond donors (Lipinski definition) is 2. The van der Waals surface area contributed by atoms with Crippen molar-refractivity contribution in [2.75, 3.05) is 31.6 Å². The molecule has 0 aliphatic carbocycles. The molecule has 26 heavy (non-hydrogen) atoms. The summed E-state index contributed by atoms with van der Waals surface area (Å²) in [6.07, 6.45) is 1.77. The van der Waals surface area contributed by atoms with Crippen molar-refractivity contribution < 1.29 is 4.79 Å². The lowest BCUT2D eigenvalue weighted by molar-refractivity contribution is 0.241. The van der Waals surface area contributed by atoms with Crippen LogP contribution in [0.2, 0.25) is 0 Å². The molecule has 0 bridgehead atoms. The zero-order valence-electron chi connectivity index (χ0n) is 14.9. The van der Waals surface area contributed by atoms with Gasteiger partial charge in [0, 0.05) is 38.8 Å². The van der Waals surface area contributed by atoms with Crippen LogP contribution in [0.1, 0.15) is 11.4 Å². The van der Waals surface area contributed by atoms with E-state index in [1.807, 2.05) is 43.4 Å². The number of fused-ring (bicyclic) bond motifs is 1. The predicted molar refractivity (Wildman–Crippen MR) is 109 cm³/mol. The first-order valence-corrected chi connectivity index (χ1v) is 9.66. The highest BCUT2D eigenvalue weighted by molar-refractivity contribution is 7.18. The maximum Gasteiger partial charge on any atom is 0.314 e. The first kappa shape index (κ1) is 18.2. The third-order valence-electron chi connectivity index (χ3n) is 4.12. The van der Waals surface area contributed by atoms with Crippen LogP contribution in [0.15, 0.2) is 54.6 Å². The van der Waals surface area contributed by atoms with Crippen molar-refractivity contribution in [1.82, 2.24) is 15.6 Å². The average Bonchev–Trinajstić information content (AvgIpc) is 3.09. The van der Waals surface area contributed by atoms with Gasteiger partial charge in [0.25, 0.3) is 0 Å². The van der Waals surface area contributed by atoms with Gasteiger partial charge in [-0.1, -0.05) is 30.3 Å². The second-order valence-electron chi connectivity index (χ2n) is 6.12. The normalized spacial score (nSPS) is 10.7. The van der Waals surface area contributed by atoms with Gasteiger partial charge in [-0.2, -0.15) is 0 Å². The molecule has 0 spiro atoms. The van der Waals surface area contributed by atoms with Gasteiger partial charge in [-0.3, -0.25) is 0 Å². The molecule has 136 valence electrons. The van der Waals surface area contributed by atoms with Crippen LogP contribution in [0.25, 0.3) is 10.2 Å². The number of nitrogens with zero attached hydrogens (tertiary/aromatic N) is 2. The standard InChI is InChI=1S/C20H24N4OS/c1-24(16-8-3-2-4-9-16)15-14-22-20(25)21-13-7-12-19-23-17-10-5-6-11-18(17)26-19/h2-6,8-11H,7,12-15H2,1H3,(H2,21,22,25). The molecule has 3 rings (SSSR count). The summed E-state index contributed by atoms with van der Waals surface area (Å²) in [5, 5.41) is 6.93. The summed E-state index contributed by atoms with van der Waals surface area (Å²) < 4.78 is 1.22. The van der Waals surface area contributed by atoms with E-state index in [1.165, 1.54) is 4.70 Å². The molecule has 3 aromatic rings. The van der Waals surface area contributed by atoms with Gasteiger partial charge >= 0.3 is 6.03 Å². The number of aromatic nitrogens is 1. The summed E-state index contributed by atoms with van der Waals surface area (Å²) >= 11 is 1.73. The molecule has 2 N–H and O–H groups in total. The highest BCUT2D eigenvalue weighted by atomic mass is 32.1. The summed E-state index contributed by atoms with van der Waals surface area (Å²) in [6.45, 7) is 2.02. The van der Waals surface area contributed by atoms with Crippen molar-refractivity contribution in [2.24, 2.45) is 0 Å². The second kappa shape index (κ2) is 9.20. The van der Waals surface area contributed by atoms with Gasteiger partial charge in [0.05, 0.1) is 15.2 Å². The molecule has 0 saturated carbocycles. The van der Waals surface area contributed by atoms with E-state index in [0.717, 1.165) is 35.6 Å².